The fraction of sp³-hybridized carbons (Fsp3) is 1.00. The van der Waals surface area contributed by atoms with Gasteiger partial charge in [-0.3, -0.25) is 4.90 Å². The van der Waals surface area contributed by atoms with Crippen molar-refractivity contribution in [2.24, 2.45) is 5.73 Å². The Kier molecular flexibility index (Phi) is 4.58. The van der Waals surface area contributed by atoms with Crippen LogP contribution in [0.3, 0.4) is 0 Å². The standard InChI is InChI=1S/C10H19F3N2O/c1-7(14)9(10(11,12)13)15(2)6-8-4-3-5-16-8/h7-9H,3-6,14H2,1-2H3. The first kappa shape index (κ1) is 13.7. The molecule has 0 bridgehead atoms. The normalized spacial score (nSPS) is 26.1. The molecule has 1 aliphatic heterocycles. The van der Waals surface area contributed by atoms with Crippen molar-refractivity contribution in [3.63, 3.8) is 0 Å². The van der Waals surface area contributed by atoms with Gasteiger partial charge in [0.25, 0.3) is 0 Å². The minimum Gasteiger partial charge on any atom is -0.377 e. The third kappa shape index (κ3) is 3.61. The second-order valence-corrected chi connectivity index (χ2v) is 4.42. The van der Waals surface area contributed by atoms with Crippen LogP contribution >= 0.6 is 0 Å². The monoisotopic (exact) mass is 240 g/mol. The molecule has 6 heteroatoms. The van der Waals surface area contributed by atoms with Crippen LogP contribution < -0.4 is 5.73 Å². The van der Waals surface area contributed by atoms with Gasteiger partial charge in [0, 0.05) is 19.2 Å². The molecular formula is C10H19F3N2O. The van der Waals surface area contributed by atoms with E-state index < -0.39 is 18.3 Å². The third-order valence-electron chi connectivity index (χ3n) is 2.82. The Balaban J connectivity index is 2.56. The number of rotatable bonds is 4. The SMILES string of the molecule is CC(N)C(N(C)CC1CCCO1)C(F)(F)F. The second-order valence-electron chi connectivity index (χ2n) is 4.42. The van der Waals surface area contributed by atoms with Gasteiger partial charge in [-0.2, -0.15) is 13.2 Å². The van der Waals surface area contributed by atoms with E-state index in [-0.39, 0.29) is 12.6 Å². The molecule has 1 rings (SSSR count). The van der Waals surface area contributed by atoms with E-state index in [0.717, 1.165) is 12.8 Å². The molecule has 0 spiro atoms. The molecule has 1 fully saturated rings. The summed E-state index contributed by atoms with van der Waals surface area (Å²) < 4.78 is 43.5. The van der Waals surface area contributed by atoms with Gasteiger partial charge in [0.1, 0.15) is 6.04 Å². The molecule has 0 aliphatic carbocycles. The van der Waals surface area contributed by atoms with Gasteiger partial charge in [-0.05, 0) is 26.8 Å². The molecule has 96 valence electrons. The summed E-state index contributed by atoms with van der Waals surface area (Å²) in [6, 6.07) is -2.54. The number of alkyl halides is 3. The number of ether oxygens (including phenoxy) is 1. The van der Waals surface area contributed by atoms with Crippen LogP contribution in [0.5, 0.6) is 0 Å². The molecule has 0 radical (unpaired) electrons. The maximum absolute atomic E-state index is 12.7. The van der Waals surface area contributed by atoms with E-state index >= 15 is 0 Å². The molecule has 1 aliphatic rings. The molecule has 3 nitrogen and oxygen atoms in total. The van der Waals surface area contributed by atoms with Crippen molar-refractivity contribution in [3.8, 4) is 0 Å². The van der Waals surface area contributed by atoms with E-state index in [1.165, 1.54) is 18.9 Å². The van der Waals surface area contributed by atoms with E-state index in [1.807, 2.05) is 0 Å². The first-order valence-electron chi connectivity index (χ1n) is 5.46. The number of hydrogen-bond acceptors (Lipinski definition) is 3. The highest BCUT2D eigenvalue weighted by molar-refractivity contribution is 4.85. The molecule has 0 aromatic carbocycles. The van der Waals surface area contributed by atoms with E-state index in [9.17, 15) is 13.2 Å². The molecule has 0 saturated carbocycles. The molecule has 0 amide bonds. The van der Waals surface area contributed by atoms with Gasteiger partial charge in [-0.15, -0.1) is 0 Å². The van der Waals surface area contributed by atoms with Crippen molar-refractivity contribution in [2.75, 3.05) is 20.2 Å². The highest BCUT2D eigenvalue weighted by Gasteiger charge is 2.45. The zero-order chi connectivity index (χ0) is 12.3. The average molecular weight is 240 g/mol. The summed E-state index contributed by atoms with van der Waals surface area (Å²) in [5, 5.41) is 0. The minimum absolute atomic E-state index is 0.0893. The molecule has 1 saturated heterocycles. The van der Waals surface area contributed by atoms with Gasteiger partial charge in [0.2, 0.25) is 0 Å². The van der Waals surface area contributed by atoms with Crippen LogP contribution in [0.4, 0.5) is 13.2 Å². The van der Waals surface area contributed by atoms with Crippen LogP contribution in [0, 0.1) is 0 Å². The zero-order valence-electron chi connectivity index (χ0n) is 9.63. The lowest BCUT2D eigenvalue weighted by atomic mass is 10.1. The van der Waals surface area contributed by atoms with Crippen molar-refractivity contribution in [1.82, 2.24) is 4.90 Å². The zero-order valence-corrected chi connectivity index (χ0v) is 9.63. The Morgan fingerprint density at radius 3 is 2.50 bits per heavy atom. The third-order valence-corrected chi connectivity index (χ3v) is 2.82. The molecule has 3 atom stereocenters. The van der Waals surface area contributed by atoms with Crippen molar-refractivity contribution in [2.45, 2.75) is 44.1 Å². The van der Waals surface area contributed by atoms with Crippen molar-refractivity contribution in [3.05, 3.63) is 0 Å². The summed E-state index contributed by atoms with van der Waals surface area (Å²) in [6.45, 7) is 2.31. The van der Waals surface area contributed by atoms with E-state index in [4.69, 9.17) is 10.5 Å². The molecular weight excluding hydrogens is 221 g/mol. The Bertz CT molecular complexity index is 215. The summed E-state index contributed by atoms with van der Waals surface area (Å²) in [6.07, 6.45) is -2.63. The van der Waals surface area contributed by atoms with Crippen LogP contribution in [0.15, 0.2) is 0 Å². The predicted octanol–water partition coefficient (Wildman–Crippen LogP) is 1.38. The lowest BCUT2D eigenvalue weighted by Gasteiger charge is -2.33. The summed E-state index contributed by atoms with van der Waals surface area (Å²) in [5.41, 5.74) is 5.40. The highest BCUT2D eigenvalue weighted by atomic mass is 19.4. The van der Waals surface area contributed by atoms with Gasteiger partial charge < -0.3 is 10.5 Å². The highest BCUT2D eigenvalue weighted by Crippen LogP contribution is 2.27. The largest absolute Gasteiger partial charge is 0.405 e. The van der Waals surface area contributed by atoms with E-state index in [0.29, 0.717) is 6.61 Å². The fourth-order valence-electron chi connectivity index (χ4n) is 2.17. The van der Waals surface area contributed by atoms with Gasteiger partial charge >= 0.3 is 6.18 Å². The number of nitrogens with zero attached hydrogens (tertiary/aromatic N) is 1. The molecule has 1 heterocycles. The van der Waals surface area contributed by atoms with Crippen LogP contribution in [0.25, 0.3) is 0 Å². The average Bonchev–Trinajstić information content (AvgIpc) is 2.52. The quantitative estimate of drug-likeness (QED) is 0.806. The Morgan fingerprint density at radius 2 is 2.12 bits per heavy atom. The van der Waals surface area contributed by atoms with Gasteiger partial charge in [0.15, 0.2) is 0 Å². The number of nitrogens with two attached hydrogens (primary N) is 1. The number of hydrogen-bond donors (Lipinski definition) is 1. The Hall–Kier alpha value is -0.330. The van der Waals surface area contributed by atoms with Crippen molar-refractivity contribution in [1.29, 1.82) is 0 Å². The van der Waals surface area contributed by atoms with Crippen LogP contribution in [-0.2, 0) is 4.74 Å². The number of halogens is 3. The van der Waals surface area contributed by atoms with Crippen molar-refractivity contribution >= 4 is 0 Å². The van der Waals surface area contributed by atoms with Gasteiger partial charge in [-0.1, -0.05) is 0 Å². The molecule has 0 aromatic rings. The first-order chi connectivity index (χ1) is 7.32. The fourth-order valence-corrected chi connectivity index (χ4v) is 2.17. The maximum atomic E-state index is 12.7. The maximum Gasteiger partial charge on any atom is 0.405 e. The van der Waals surface area contributed by atoms with Crippen molar-refractivity contribution < 1.29 is 17.9 Å². The lowest BCUT2D eigenvalue weighted by molar-refractivity contribution is -0.187. The smallest absolute Gasteiger partial charge is 0.377 e. The lowest BCUT2D eigenvalue weighted by Crippen LogP contribution is -2.55. The van der Waals surface area contributed by atoms with Crippen LogP contribution in [0.1, 0.15) is 19.8 Å². The summed E-state index contributed by atoms with van der Waals surface area (Å²) in [5.74, 6) is 0. The van der Waals surface area contributed by atoms with Crippen LogP contribution in [0.2, 0.25) is 0 Å². The molecule has 2 N–H and O–H groups in total. The first-order valence-corrected chi connectivity index (χ1v) is 5.46. The molecule has 16 heavy (non-hydrogen) atoms. The Morgan fingerprint density at radius 1 is 1.50 bits per heavy atom. The predicted molar refractivity (Wildman–Crippen MR) is 55.1 cm³/mol. The summed E-state index contributed by atoms with van der Waals surface area (Å²) >= 11 is 0. The van der Waals surface area contributed by atoms with Gasteiger partial charge in [0.05, 0.1) is 6.10 Å². The summed E-state index contributed by atoms with van der Waals surface area (Å²) in [7, 11) is 1.45. The van der Waals surface area contributed by atoms with Crippen LogP contribution in [-0.4, -0.2) is 49.5 Å². The Labute approximate surface area is 93.7 Å². The van der Waals surface area contributed by atoms with E-state index in [2.05, 4.69) is 0 Å². The number of likely N-dealkylation sites (N-methyl/N-ethyl adjacent to an activating group) is 1. The molecule has 3 unspecified atom stereocenters. The second kappa shape index (κ2) is 5.33. The topological polar surface area (TPSA) is 38.5 Å². The minimum atomic E-state index is -4.29. The van der Waals surface area contributed by atoms with E-state index in [1.54, 1.807) is 0 Å². The van der Waals surface area contributed by atoms with Gasteiger partial charge in [-0.25, -0.2) is 0 Å². The summed E-state index contributed by atoms with van der Waals surface area (Å²) in [4.78, 5) is 1.25. The molecule has 0 aromatic heterocycles.